The van der Waals surface area contributed by atoms with Gasteiger partial charge in [0.15, 0.2) is 5.96 Å². The van der Waals surface area contributed by atoms with Crippen molar-refractivity contribution < 1.29 is 9.59 Å². The maximum absolute atomic E-state index is 13.0. The summed E-state index contributed by atoms with van der Waals surface area (Å²) in [5.41, 5.74) is 9.02. The van der Waals surface area contributed by atoms with Crippen LogP contribution in [0.5, 0.6) is 0 Å². The fraction of sp³-hybridized carbons (Fsp3) is 0.586. The molecule has 3 aliphatic heterocycles. The van der Waals surface area contributed by atoms with Gasteiger partial charge in [-0.25, -0.2) is 0 Å². The van der Waals surface area contributed by atoms with Gasteiger partial charge in [-0.3, -0.25) is 14.6 Å². The number of nitrogens with two attached hydrogens (primary N) is 1. The molecule has 1 saturated heterocycles. The van der Waals surface area contributed by atoms with Crippen molar-refractivity contribution in [1.29, 1.82) is 0 Å². The SMILES string of the molecule is CC(C)C(=O)N1CC=C(C2CCCN=C2N=C(N)Nc2ccc(C(=O)N(C)C3CCN(C)CC3)cc2)CC1. The summed E-state index contributed by atoms with van der Waals surface area (Å²) in [6, 6.07) is 7.68. The van der Waals surface area contributed by atoms with E-state index in [1.165, 1.54) is 5.57 Å². The van der Waals surface area contributed by atoms with Crippen LogP contribution in [-0.4, -0.2) is 91.2 Å². The van der Waals surface area contributed by atoms with Crippen LogP contribution in [0.3, 0.4) is 0 Å². The van der Waals surface area contributed by atoms with E-state index in [0.29, 0.717) is 12.1 Å². The molecule has 0 spiro atoms. The van der Waals surface area contributed by atoms with E-state index in [1.807, 2.05) is 55.0 Å². The Bertz CT molecular complexity index is 1080. The minimum absolute atomic E-state index is 0.0134. The van der Waals surface area contributed by atoms with E-state index < -0.39 is 0 Å². The highest BCUT2D eigenvalue weighted by molar-refractivity contribution is 6.03. The second-order valence-electron chi connectivity index (χ2n) is 11.1. The number of rotatable bonds is 5. The lowest BCUT2D eigenvalue weighted by molar-refractivity contribution is -0.134. The molecule has 1 aromatic carbocycles. The van der Waals surface area contributed by atoms with Crippen LogP contribution in [0.2, 0.25) is 0 Å². The highest BCUT2D eigenvalue weighted by Crippen LogP contribution is 2.29. The van der Waals surface area contributed by atoms with Crippen molar-refractivity contribution in [1.82, 2.24) is 14.7 Å². The van der Waals surface area contributed by atoms with Gasteiger partial charge in [0.05, 0.1) is 0 Å². The Hall–Kier alpha value is -3.20. The van der Waals surface area contributed by atoms with E-state index in [4.69, 9.17) is 10.7 Å². The first-order chi connectivity index (χ1) is 18.2. The van der Waals surface area contributed by atoms with Gasteiger partial charge in [0.2, 0.25) is 5.91 Å². The Morgan fingerprint density at radius 1 is 1.13 bits per heavy atom. The number of nitrogens with zero attached hydrogens (tertiary/aromatic N) is 5. The molecule has 9 nitrogen and oxygen atoms in total. The smallest absolute Gasteiger partial charge is 0.253 e. The summed E-state index contributed by atoms with van der Waals surface area (Å²) in [6.07, 6.45) is 7.02. The Kier molecular flexibility index (Phi) is 9.20. The molecule has 9 heteroatoms. The van der Waals surface area contributed by atoms with E-state index in [-0.39, 0.29) is 35.7 Å². The molecule has 2 amide bonds. The van der Waals surface area contributed by atoms with Crippen LogP contribution in [0.1, 0.15) is 56.3 Å². The van der Waals surface area contributed by atoms with Crippen LogP contribution in [0, 0.1) is 11.8 Å². The second kappa shape index (κ2) is 12.6. The maximum Gasteiger partial charge on any atom is 0.253 e. The molecule has 3 heterocycles. The third kappa shape index (κ3) is 6.81. The van der Waals surface area contributed by atoms with Crippen molar-refractivity contribution in [3.8, 4) is 0 Å². The fourth-order valence-corrected chi connectivity index (χ4v) is 5.51. The lowest BCUT2D eigenvalue weighted by atomic mass is 9.87. The summed E-state index contributed by atoms with van der Waals surface area (Å²) in [5.74, 6) is 1.43. The molecule has 0 bridgehead atoms. The Labute approximate surface area is 226 Å². The van der Waals surface area contributed by atoms with Crippen LogP contribution < -0.4 is 11.1 Å². The zero-order valence-electron chi connectivity index (χ0n) is 23.3. The number of benzene rings is 1. The number of carbonyl (C=O) groups is 2. The summed E-state index contributed by atoms with van der Waals surface area (Å²) in [5, 5.41) is 3.15. The zero-order chi connectivity index (χ0) is 27.2. The number of carbonyl (C=O) groups excluding carboxylic acids is 2. The Balaban J connectivity index is 1.36. The zero-order valence-corrected chi connectivity index (χ0v) is 23.3. The highest BCUT2D eigenvalue weighted by Gasteiger charge is 2.28. The lowest BCUT2D eigenvalue weighted by Crippen LogP contribution is -2.44. The molecule has 206 valence electrons. The van der Waals surface area contributed by atoms with E-state index in [2.05, 4.69) is 28.3 Å². The standard InChI is InChI=1S/C29H43N7O2/c1-20(2)27(37)36-18-11-21(12-19-36)25-6-5-15-31-26(25)33-29(30)32-23-9-7-22(8-10-23)28(38)35(4)24-13-16-34(3)17-14-24/h7-11,20,24-25H,5-6,12-19H2,1-4H3,(H3,30,31,32,33). The number of nitrogens with one attached hydrogen (secondary N) is 1. The predicted octanol–water partition coefficient (Wildman–Crippen LogP) is 3.20. The Morgan fingerprint density at radius 3 is 2.47 bits per heavy atom. The normalized spacial score (nSPS) is 21.7. The van der Waals surface area contributed by atoms with Crippen molar-refractivity contribution >= 4 is 29.3 Å². The van der Waals surface area contributed by atoms with Crippen LogP contribution in [0.25, 0.3) is 0 Å². The number of amidine groups is 1. The van der Waals surface area contributed by atoms with E-state index in [0.717, 1.165) is 69.8 Å². The minimum Gasteiger partial charge on any atom is -0.369 e. The maximum atomic E-state index is 13.0. The molecule has 4 rings (SSSR count). The summed E-state index contributed by atoms with van der Waals surface area (Å²) < 4.78 is 0. The number of aliphatic imine (C=N–C) groups is 2. The lowest BCUT2D eigenvalue weighted by Gasteiger charge is -2.35. The van der Waals surface area contributed by atoms with Gasteiger partial charge in [-0.1, -0.05) is 25.5 Å². The first-order valence-electron chi connectivity index (χ1n) is 13.9. The van der Waals surface area contributed by atoms with Gasteiger partial charge in [-0.05, 0) is 76.5 Å². The number of likely N-dealkylation sites (tertiary alicyclic amines) is 1. The molecule has 0 aromatic heterocycles. The second-order valence-corrected chi connectivity index (χ2v) is 11.1. The van der Waals surface area contributed by atoms with Crippen molar-refractivity contribution in [2.24, 2.45) is 27.6 Å². The average molecular weight is 522 g/mol. The van der Waals surface area contributed by atoms with Crippen LogP contribution >= 0.6 is 0 Å². The van der Waals surface area contributed by atoms with E-state index in [1.54, 1.807) is 0 Å². The monoisotopic (exact) mass is 521 g/mol. The van der Waals surface area contributed by atoms with Gasteiger partial charge in [0, 0.05) is 55.8 Å². The van der Waals surface area contributed by atoms with Crippen LogP contribution in [0.15, 0.2) is 45.9 Å². The molecule has 3 N–H and O–H groups in total. The molecule has 1 fully saturated rings. The van der Waals surface area contributed by atoms with E-state index in [9.17, 15) is 9.59 Å². The summed E-state index contributed by atoms with van der Waals surface area (Å²) in [7, 11) is 4.02. The number of guanidine groups is 1. The number of anilines is 1. The third-order valence-corrected chi connectivity index (χ3v) is 7.93. The van der Waals surface area contributed by atoms with E-state index >= 15 is 0 Å². The minimum atomic E-state index is 0.0134. The number of piperidine rings is 1. The molecule has 1 aromatic rings. The topological polar surface area (TPSA) is 107 Å². The quantitative estimate of drug-likeness (QED) is 0.352. The molecule has 1 atom stereocenters. The van der Waals surface area contributed by atoms with Gasteiger partial charge < -0.3 is 25.8 Å². The molecule has 1 unspecified atom stereocenters. The van der Waals surface area contributed by atoms with Gasteiger partial charge in [0.1, 0.15) is 5.84 Å². The molecule has 38 heavy (non-hydrogen) atoms. The number of amides is 2. The summed E-state index contributed by atoms with van der Waals surface area (Å²) >= 11 is 0. The largest absolute Gasteiger partial charge is 0.369 e. The van der Waals surface area contributed by atoms with Gasteiger partial charge in [-0.15, -0.1) is 0 Å². The van der Waals surface area contributed by atoms with Gasteiger partial charge in [-0.2, -0.15) is 4.99 Å². The highest BCUT2D eigenvalue weighted by atomic mass is 16.2. The van der Waals surface area contributed by atoms with Gasteiger partial charge in [0.25, 0.3) is 5.91 Å². The summed E-state index contributed by atoms with van der Waals surface area (Å²) in [6.45, 7) is 8.05. The van der Waals surface area contributed by atoms with Crippen molar-refractivity contribution in [2.75, 3.05) is 52.1 Å². The van der Waals surface area contributed by atoms with Crippen molar-refractivity contribution in [3.05, 3.63) is 41.5 Å². The average Bonchev–Trinajstić information content (AvgIpc) is 2.93. The molecule has 0 aliphatic carbocycles. The van der Waals surface area contributed by atoms with Crippen LogP contribution in [0.4, 0.5) is 5.69 Å². The summed E-state index contributed by atoms with van der Waals surface area (Å²) in [4.78, 5) is 40.8. The fourth-order valence-electron chi connectivity index (χ4n) is 5.51. The molecular weight excluding hydrogens is 478 g/mol. The number of hydrogen-bond acceptors (Lipinski definition) is 5. The third-order valence-electron chi connectivity index (χ3n) is 7.93. The molecular formula is C29H43N7O2. The predicted molar refractivity (Wildman–Crippen MR) is 153 cm³/mol. The molecule has 3 aliphatic rings. The molecule has 0 radical (unpaired) electrons. The first-order valence-corrected chi connectivity index (χ1v) is 13.9. The van der Waals surface area contributed by atoms with Gasteiger partial charge >= 0.3 is 0 Å². The Morgan fingerprint density at radius 2 is 1.84 bits per heavy atom. The van der Waals surface area contributed by atoms with Crippen molar-refractivity contribution in [3.63, 3.8) is 0 Å². The molecule has 0 saturated carbocycles. The number of hydrogen-bond donors (Lipinski definition) is 2. The van der Waals surface area contributed by atoms with Crippen molar-refractivity contribution in [2.45, 2.75) is 52.0 Å². The first kappa shape index (κ1) is 27.8. The van der Waals surface area contributed by atoms with Crippen LogP contribution in [-0.2, 0) is 4.79 Å².